The first kappa shape index (κ1) is 18.5. The Kier molecular flexibility index (Phi) is 5.05. The Morgan fingerprint density at radius 3 is 2.61 bits per heavy atom. The first-order chi connectivity index (χ1) is 13.5. The number of hydrogen-bond donors (Lipinski definition) is 1. The standard InChI is InChI=1S/C22H22N4OS/c1-14-20(17-11-7-8-12-18(17)23-14)21(27)15(2)28-22-25-24-19(26(22)3)13-16-9-5-4-6-10-16/h4-12,15,23H,13H2,1-3H3/t15-/m1/s1. The Balaban J connectivity index is 1.54. The summed E-state index contributed by atoms with van der Waals surface area (Å²) < 4.78 is 1.98. The third-order valence-corrected chi connectivity index (χ3v) is 6.06. The Labute approximate surface area is 168 Å². The molecule has 0 saturated carbocycles. The van der Waals surface area contributed by atoms with Gasteiger partial charge in [0.2, 0.25) is 0 Å². The summed E-state index contributed by atoms with van der Waals surface area (Å²) in [4.78, 5) is 16.5. The van der Waals surface area contributed by atoms with Crippen molar-refractivity contribution in [3.63, 3.8) is 0 Å². The van der Waals surface area contributed by atoms with Crippen molar-refractivity contribution in [2.75, 3.05) is 0 Å². The highest BCUT2D eigenvalue weighted by Crippen LogP contribution is 2.29. The van der Waals surface area contributed by atoms with E-state index in [1.54, 1.807) is 0 Å². The molecule has 6 heteroatoms. The molecule has 0 aliphatic rings. The SMILES string of the molecule is Cc1[nH]c2ccccc2c1C(=O)[C@@H](C)Sc1nnc(Cc2ccccc2)n1C. The Morgan fingerprint density at radius 2 is 1.82 bits per heavy atom. The summed E-state index contributed by atoms with van der Waals surface area (Å²) >= 11 is 1.45. The lowest BCUT2D eigenvalue weighted by Gasteiger charge is -2.10. The fourth-order valence-electron chi connectivity index (χ4n) is 3.39. The van der Waals surface area contributed by atoms with Gasteiger partial charge >= 0.3 is 0 Å². The summed E-state index contributed by atoms with van der Waals surface area (Å²) in [6.07, 6.45) is 0.717. The molecule has 2 aromatic carbocycles. The first-order valence-corrected chi connectivity index (χ1v) is 10.1. The van der Waals surface area contributed by atoms with E-state index in [0.717, 1.165) is 39.6 Å². The monoisotopic (exact) mass is 390 g/mol. The lowest BCUT2D eigenvalue weighted by atomic mass is 10.1. The van der Waals surface area contributed by atoms with Gasteiger partial charge in [0.1, 0.15) is 5.82 Å². The van der Waals surface area contributed by atoms with E-state index >= 15 is 0 Å². The predicted octanol–water partition coefficient (Wildman–Crippen LogP) is 4.56. The van der Waals surface area contributed by atoms with Gasteiger partial charge in [0, 0.05) is 35.6 Å². The van der Waals surface area contributed by atoms with Gasteiger partial charge in [-0.15, -0.1) is 10.2 Å². The maximum atomic E-state index is 13.2. The zero-order valence-corrected chi connectivity index (χ0v) is 17.0. The molecule has 0 fully saturated rings. The van der Waals surface area contributed by atoms with Gasteiger partial charge in [0.25, 0.3) is 0 Å². The number of aromatic nitrogens is 4. The maximum Gasteiger partial charge on any atom is 0.191 e. The van der Waals surface area contributed by atoms with Crippen molar-refractivity contribution in [3.8, 4) is 0 Å². The summed E-state index contributed by atoms with van der Waals surface area (Å²) in [7, 11) is 1.95. The van der Waals surface area contributed by atoms with E-state index in [0.29, 0.717) is 0 Å². The lowest BCUT2D eigenvalue weighted by Crippen LogP contribution is -2.15. The zero-order chi connectivity index (χ0) is 19.7. The van der Waals surface area contributed by atoms with Crippen LogP contribution in [0.4, 0.5) is 0 Å². The molecule has 0 aliphatic heterocycles. The molecule has 0 aliphatic carbocycles. The molecule has 2 aromatic heterocycles. The Hall–Kier alpha value is -2.86. The van der Waals surface area contributed by atoms with Crippen LogP contribution in [0.15, 0.2) is 59.8 Å². The summed E-state index contributed by atoms with van der Waals surface area (Å²) in [5.41, 5.74) is 3.85. The van der Waals surface area contributed by atoms with E-state index in [-0.39, 0.29) is 11.0 Å². The average molecular weight is 391 g/mol. The van der Waals surface area contributed by atoms with Gasteiger partial charge < -0.3 is 9.55 Å². The highest BCUT2D eigenvalue weighted by atomic mass is 32.2. The van der Waals surface area contributed by atoms with Crippen LogP contribution < -0.4 is 0 Å². The van der Waals surface area contributed by atoms with Gasteiger partial charge in [-0.2, -0.15) is 0 Å². The number of carbonyl (C=O) groups is 1. The van der Waals surface area contributed by atoms with Crippen LogP contribution in [-0.2, 0) is 13.5 Å². The predicted molar refractivity (Wildman–Crippen MR) is 113 cm³/mol. The number of H-pyrrole nitrogens is 1. The topological polar surface area (TPSA) is 63.6 Å². The quantitative estimate of drug-likeness (QED) is 0.387. The molecule has 142 valence electrons. The van der Waals surface area contributed by atoms with Crippen molar-refractivity contribution in [2.24, 2.45) is 7.05 Å². The Bertz CT molecular complexity index is 1130. The van der Waals surface area contributed by atoms with Crippen molar-refractivity contribution in [3.05, 3.63) is 77.2 Å². The number of thioether (sulfide) groups is 1. The van der Waals surface area contributed by atoms with Crippen molar-refractivity contribution >= 4 is 28.4 Å². The van der Waals surface area contributed by atoms with Crippen LogP contribution in [0.2, 0.25) is 0 Å². The number of fused-ring (bicyclic) bond motifs is 1. The highest BCUT2D eigenvalue weighted by molar-refractivity contribution is 8.00. The van der Waals surface area contributed by atoms with Gasteiger partial charge in [-0.25, -0.2) is 0 Å². The van der Waals surface area contributed by atoms with Crippen LogP contribution in [0.5, 0.6) is 0 Å². The first-order valence-electron chi connectivity index (χ1n) is 9.25. The number of carbonyl (C=O) groups excluding carboxylic acids is 1. The van der Waals surface area contributed by atoms with Crippen LogP contribution in [0.25, 0.3) is 10.9 Å². The van der Waals surface area contributed by atoms with E-state index in [9.17, 15) is 4.79 Å². The summed E-state index contributed by atoms with van der Waals surface area (Å²) in [6.45, 7) is 3.88. The lowest BCUT2D eigenvalue weighted by molar-refractivity contribution is 0.0995. The fourth-order valence-corrected chi connectivity index (χ4v) is 4.28. The number of ketones is 1. The molecule has 1 N–H and O–H groups in total. The minimum absolute atomic E-state index is 0.104. The third-order valence-electron chi connectivity index (χ3n) is 4.92. The van der Waals surface area contributed by atoms with Crippen LogP contribution in [-0.4, -0.2) is 30.8 Å². The number of rotatable bonds is 6. The van der Waals surface area contributed by atoms with E-state index in [2.05, 4.69) is 27.3 Å². The summed E-state index contributed by atoms with van der Waals surface area (Å²) in [6, 6.07) is 18.1. The second kappa shape index (κ2) is 7.64. The van der Waals surface area contributed by atoms with Gasteiger partial charge in [-0.05, 0) is 25.5 Å². The van der Waals surface area contributed by atoms with Crippen molar-refractivity contribution in [1.82, 2.24) is 19.7 Å². The number of benzene rings is 2. The molecule has 5 nitrogen and oxygen atoms in total. The summed E-state index contributed by atoms with van der Waals surface area (Å²) in [5, 5.41) is 10.1. The number of nitrogens with one attached hydrogen (secondary N) is 1. The van der Waals surface area contributed by atoms with Gasteiger partial charge in [-0.3, -0.25) is 4.79 Å². The van der Waals surface area contributed by atoms with Crippen LogP contribution in [0.3, 0.4) is 0 Å². The molecule has 0 amide bonds. The van der Waals surface area contributed by atoms with Gasteiger partial charge in [0.15, 0.2) is 10.9 Å². The van der Waals surface area contributed by atoms with Crippen LogP contribution >= 0.6 is 11.8 Å². The van der Waals surface area contributed by atoms with E-state index in [1.165, 1.54) is 17.3 Å². The third kappa shape index (κ3) is 3.47. The molecule has 4 rings (SSSR count). The molecular formula is C22H22N4OS. The van der Waals surface area contributed by atoms with E-state index in [4.69, 9.17) is 0 Å². The van der Waals surface area contributed by atoms with Gasteiger partial charge in [-0.1, -0.05) is 60.3 Å². The molecule has 4 aromatic rings. The number of para-hydroxylation sites is 1. The molecule has 0 spiro atoms. The number of nitrogens with zero attached hydrogens (tertiary/aromatic N) is 3. The van der Waals surface area contributed by atoms with Crippen molar-refractivity contribution in [1.29, 1.82) is 0 Å². The highest BCUT2D eigenvalue weighted by Gasteiger charge is 2.24. The second-order valence-corrected chi connectivity index (χ2v) is 8.22. The smallest absolute Gasteiger partial charge is 0.191 e. The van der Waals surface area contributed by atoms with Crippen LogP contribution in [0.1, 0.15) is 34.4 Å². The molecule has 1 atom stereocenters. The average Bonchev–Trinajstić information content (AvgIpc) is 3.21. The number of hydrogen-bond acceptors (Lipinski definition) is 4. The molecule has 0 saturated heterocycles. The normalized spacial score (nSPS) is 12.4. The maximum absolute atomic E-state index is 13.2. The number of aryl methyl sites for hydroxylation is 1. The van der Waals surface area contributed by atoms with Crippen LogP contribution in [0, 0.1) is 6.92 Å². The molecule has 28 heavy (non-hydrogen) atoms. The fraction of sp³-hybridized carbons (Fsp3) is 0.227. The van der Waals surface area contributed by atoms with Crippen molar-refractivity contribution < 1.29 is 4.79 Å². The van der Waals surface area contributed by atoms with Crippen molar-refractivity contribution in [2.45, 2.75) is 30.7 Å². The molecule has 0 bridgehead atoms. The molecule has 2 heterocycles. The summed E-state index contributed by atoms with van der Waals surface area (Å²) in [5.74, 6) is 0.990. The number of aromatic amines is 1. The zero-order valence-electron chi connectivity index (χ0n) is 16.1. The molecule has 0 unspecified atom stereocenters. The second-order valence-electron chi connectivity index (χ2n) is 6.92. The van der Waals surface area contributed by atoms with Gasteiger partial charge in [0.05, 0.1) is 5.25 Å². The van der Waals surface area contributed by atoms with E-state index < -0.39 is 0 Å². The minimum atomic E-state index is -0.259. The molecular weight excluding hydrogens is 368 g/mol. The molecule has 0 radical (unpaired) electrons. The number of Topliss-reactive ketones (excluding diaryl/α,β-unsaturated/α-hetero) is 1. The van der Waals surface area contributed by atoms with E-state index in [1.807, 2.05) is 67.9 Å². The largest absolute Gasteiger partial charge is 0.358 e. The Morgan fingerprint density at radius 1 is 1.11 bits per heavy atom. The minimum Gasteiger partial charge on any atom is -0.358 e.